The van der Waals surface area contributed by atoms with Crippen molar-refractivity contribution in [1.82, 2.24) is 10.2 Å². The van der Waals surface area contributed by atoms with Crippen molar-refractivity contribution in [3.05, 3.63) is 63.7 Å². The van der Waals surface area contributed by atoms with Gasteiger partial charge in [-0.25, -0.2) is 4.79 Å². The quantitative estimate of drug-likeness (QED) is 0.557. The number of amides is 4. The van der Waals surface area contributed by atoms with Gasteiger partial charge in [0.25, 0.3) is 5.91 Å². The maximum absolute atomic E-state index is 12.8. The molecule has 4 amide bonds. The summed E-state index contributed by atoms with van der Waals surface area (Å²) in [6.45, 7) is 1.30. The third-order valence-corrected chi connectivity index (χ3v) is 5.02. The van der Waals surface area contributed by atoms with Gasteiger partial charge in [-0.2, -0.15) is 0 Å². The molecule has 1 aliphatic heterocycles. The van der Waals surface area contributed by atoms with Crippen LogP contribution in [0.3, 0.4) is 0 Å². The van der Waals surface area contributed by atoms with Crippen LogP contribution >= 0.6 is 22.6 Å². The number of benzene rings is 2. The highest BCUT2D eigenvalue weighted by molar-refractivity contribution is 14.1. The average Bonchev–Trinajstić information content (AvgIpc) is 2.82. The molecule has 0 aromatic heterocycles. The molecule has 2 aromatic rings. The Labute approximate surface area is 158 Å². The number of imide groups is 1. The Balaban J connectivity index is 1.75. The topological polar surface area (TPSA) is 78.5 Å². The van der Waals surface area contributed by atoms with Crippen LogP contribution in [0.5, 0.6) is 0 Å². The first-order chi connectivity index (χ1) is 11.9. The van der Waals surface area contributed by atoms with Crippen LogP contribution in [0.1, 0.15) is 12.5 Å². The number of anilines is 1. The number of hydrogen-bond acceptors (Lipinski definition) is 3. The van der Waals surface area contributed by atoms with E-state index in [-0.39, 0.29) is 6.54 Å². The number of carbonyl (C=O) groups is 3. The van der Waals surface area contributed by atoms with Crippen LogP contribution in [-0.2, 0) is 15.1 Å². The summed E-state index contributed by atoms with van der Waals surface area (Å²) in [5.74, 6) is -0.869. The van der Waals surface area contributed by atoms with Crippen LogP contribution in [-0.4, -0.2) is 29.3 Å². The zero-order valence-corrected chi connectivity index (χ0v) is 15.6. The minimum absolute atomic E-state index is 0.335. The van der Waals surface area contributed by atoms with Gasteiger partial charge in [-0.15, -0.1) is 0 Å². The van der Waals surface area contributed by atoms with E-state index >= 15 is 0 Å². The summed E-state index contributed by atoms with van der Waals surface area (Å²) in [6, 6.07) is 15.7. The molecule has 0 radical (unpaired) electrons. The lowest BCUT2D eigenvalue weighted by molar-refractivity contribution is -0.133. The van der Waals surface area contributed by atoms with E-state index in [0.29, 0.717) is 11.3 Å². The summed E-state index contributed by atoms with van der Waals surface area (Å²) in [7, 11) is 0. The second-order valence-electron chi connectivity index (χ2n) is 5.84. The molecular formula is C18H16IN3O3. The molecule has 1 heterocycles. The molecule has 128 valence electrons. The summed E-state index contributed by atoms with van der Waals surface area (Å²) < 4.78 is 0.875. The molecule has 0 unspecified atom stereocenters. The normalized spacial score (nSPS) is 19.7. The Hall–Kier alpha value is -2.42. The number of urea groups is 1. The molecule has 1 saturated heterocycles. The number of halogens is 1. The fourth-order valence-corrected chi connectivity index (χ4v) is 3.23. The van der Waals surface area contributed by atoms with Gasteiger partial charge < -0.3 is 10.6 Å². The van der Waals surface area contributed by atoms with Crippen molar-refractivity contribution in [2.24, 2.45) is 0 Å². The van der Waals surface area contributed by atoms with Crippen LogP contribution < -0.4 is 10.6 Å². The molecule has 2 aromatic carbocycles. The molecule has 2 N–H and O–H groups in total. The van der Waals surface area contributed by atoms with Gasteiger partial charge in [-0.3, -0.25) is 14.5 Å². The minimum Gasteiger partial charge on any atom is -0.324 e. The first-order valence-corrected chi connectivity index (χ1v) is 8.74. The average molecular weight is 449 g/mol. The van der Waals surface area contributed by atoms with Crippen LogP contribution in [0.25, 0.3) is 0 Å². The summed E-state index contributed by atoms with van der Waals surface area (Å²) in [6.07, 6.45) is 0. The fourth-order valence-electron chi connectivity index (χ4n) is 2.70. The highest BCUT2D eigenvalue weighted by Gasteiger charge is 2.49. The van der Waals surface area contributed by atoms with Gasteiger partial charge in [0.2, 0.25) is 5.91 Å². The van der Waals surface area contributed by atoms with Crippen LogP contribution in [0.2, 0.25) is 0 Å². The summed E-state index contributed by atoms with van der Waals surface area (Å²) in [5, 5.41) is 5.41. The van der Waals surface area contributed by atoms with E-state index in [9.17, 15) is 14.4 Å². The fraction of sp³-hybridized carbons (Fsp3) is 0.167. The Bertz CT molecular complexity index is 840. The Kier molecular flexibility index (Phi) is 4.76. The first-order valence-electron chi connectivity index (χ1n) is 7.66. The van der Waals surface area contributed by atoms with Gasteiger partial charge in [0.05, 0.1) is 5.69 Å². The van der Waals surface area contributed by atoms with E-state index in [1.54, 1.807) is 43.3 Å². The predicted octanol–water partition coefficient (Wildman–Crippen LogP) is 2.70. The monoisotopic (exact) mass is 449 g/mol. The van der Waals surface area contributed by atoms with E-state index in [1.165, 1.54) is 0 Å². The van der Waals surface area contributed by atoms with Gasteiger partial charge in [0.15, 0.2) is 0 Å². The first kappa shape index (κ1) is 17.4. The van der Waals surface area contributed by atoms with E-state index in [2.05, 4.69) is 33.2 Å². The van der Waals surface area contributed by atoms with Crippen LogP contribution in [0.4, 0.5) is 10.5 Å². The molecule has 7 heteroatoms. The highest BCUT2D eigenvalue weighted by Crippen LogP contribution is 2.28. The SMILES string of the molecule is C[C@@]1(c2ccccc2)NC(=O)N(CC(=O)Nc2ccccc2I)C1=O. The number of rotatable bonds is 4. The zero-order valence-electron chi connectivity index (χ0n) is 13.5. The molecule has 6 nitrogen and oxygen atoms in total. The minimum atomic E-state index is -1.17. The Morgan fingerprint density at radius 1 is 1.12 bits per heavy atom. The molecule has 25 heavy (non-hydrogen) atoms. The molecule has 0 spiro atoms. The summed E-state index contributed by atoms with van der Waals surface area (Å²) in [5.41, 5.74) is 0.152. The van der Waals surface area contributed by atoms with Gasteiger partial charge in [0, 0.05) is 3.57 Å². The van der Waals surface area contributed by atoms with Crippen molar-refractivity contribution in [2.75, 3.05) is 11.9 Å². The second kappa shape index (κ2) is 6.83. The van der Waals surface area contributed by atoms with Crippen molar-refractivity contribution >= 4 is 46.1 Å². The highest BCUT2D eigenvalue weighted by atomic mass is 127. The molecule has 0 bridgehead atoms. The lowest BCUT2D eigenvalue weighted by Crippen LogP contribution is -2.42. The standard InChI is InChI=1S/C18H16IN3O3/c1-18(12-7-3-2-4-8-12)16(24)22(17(25)21-18)11-15(23)20-14-10-6-5-9-13(14)19/h2-10H,11H2,1H3,(H,20,23)(H,21,25)/t18-/m0/s1. The number of carbonyl (C=O) groups excluding carboxylic acids is 3. The van der Waals surface area contributed by atoms with Crippen LogP contribution in [0.15, 0.2) is 54.6 Å². The van der Waals surface area contributed by atoms with Crippen molar-refractivity contribution in [3.8, 4) is 0 Å². The third kappa shape index (κ3) is 3.37. The molecular weight excluding hydrogens is 433 g/mol. The zero-order chi connectivity index (χ0) is 18.0. The summed E-state index contributed by atoms with van der Waals surface area (Å²) in [4.78, 5) is 38.2. The third-order valence-electron chi connectivity index (χ3n) is 4.08. The molecule has 0 aliphatic carbocycles. The van der Waals surface area contributed by atoms with Crippen molar-refractivity contribution in [3.63, 3.8) is 0 Å². The van der Waals surface area contributed by atoms with E-state index in [1.807, 2.05) is 18.2 Å². The molecule has 3 rings (SSSR count). The van der Waals surface area contributed by atoms with E-state index < -0.39 is 23.4 Å². The number of hydrogen-bond donors (Lipinski definition) is 2. The molecule has 0 saturated carbocycles. The summed E-state index contributed by atoms with van der Waals surface area (Å²) >= 11 is 2.11. The van der Waals surface area contributed by atoms with Gasteiger partial charge in [0.1, 0.15) is 12.1 Å². The number of para-hydroxylation sites is 1. The lowest BCUT2D eigenvalue weighted by Gasteiger charge is -2.22. The van der Waals surface area contributed by atoms with Gasteiger partial charge >= 0.3 is 6.03 Å². The predicted molar refractivity (Wildman–Crippen MR) is 102 cm³/mol. The van der Waals surface area contributed by atoms with Crippen molar-refractivity contribution in [2.45, 2.75) is 12.5 Å². The second-order valence-corrected chi connectivity index (χ2v) is 7.00. The number of nitrogens with zero attached hydrogens (tertiary/aromatic N) is 1. The molecule has 1 atom stereocenters. The van der Waals surface area contributed by atoms with E-state index in [0.717, 1.165) is 8.47 Å². The van der Waals surface area contributed by atoms with Gasteiger partial charge in [-0.05, 0) is 47.2 Å². The lowest BCUT2D eigenvalue weighted by atomic mass is 9.92. The molecule has 1 aliphatic rings. The Morgan fingerprint density at radius 3 is 2.44 bits per heavy atom. The largest absolute Gasteiger partial charge is 0.325 e. The van der Waals surface area contributed by atoms with Crippen LogP contribution in [0, 0.1) is 3.57 Å². The Morgan fingerprint density at radius 2 is 1.76 bits per heavy atom. The van der Waals surface area contributed by atoms with Gasteiger partial charge in [-0.1, -0.05) is 42.5 Å². The maximum Gasteiger partial charge on any atom is 0.325 e. The maximum atomic E-state index is 12.8. The van der Waals surface area contributed by atoms with Crippen molar-refractivity contribution < 1.29 is 14.4 Å². The smallest absolute Gasteiger partial charge is 0.324 e. The van der Waals surface area contributed by atoms with E-state index in [4.69, 9.17) is 0 Å². The molecule has 1 fully saturated rings. The van der Waals surface area contributed by atoms with Crippen molar-refractivity contribution in [1.29, 1.82) is 0 Å². The number of nitrogens with one attached hydrogen (secondary N) is 2.